The second kappa shape index (κ2) is 6.10. The second-order valence-corrected chi connectivity index (χ2v) is 5.98. The predicted octanol–water partition coefficient (Wildman–Crippen LogP) is 2.24. The van der Waals surface area contributed by atoms with Crippen LogP contribution in [0.5, 0.6) is 0 Å². The van der Waals surface area contributed by atoms with Gasteiger partial charge in [0, 0.05) is 19.2 Å². The summed E-state index contributed by atoms with van der Waals surface area (Å²) in [6, 6.07) is 1.61. The number of hydrogen-bond donors (Lipinski definition) is 0. The van der Waals surface area contributed by atoms with Gasteiger partial charge in [0.05, 0.1) is 9.82 Å². The van der Waals surface area contributed by atoms with Gasteiger partial charge in [-0.3, -0.25) is 10.1 Å². The Balaban J connectivity index is 3.48. The fourth-order valence-corrected chi connectivity index (χ4v) is 3.39. The van der Waals surface area contributed by atoms with Gasteiger partial charge in [-0.1, -0.05) is 13.0 Å². The summed E-state index contributed by atoms with van der Waals surface area (Å²) in [6.07, 6.45) is 1.41. The summed E-state index contributed by atoms with van der Waals surface area (Å²) in [5.74, 6) is -1.06. The molecule has 0 saturated heterocycles. The van der Waals surface area contributed by atoms with E-state index in [1.165, 1.54) is 13.0 Å². The zero-order valence-electron chi connectivity index (χ0n) is 11.2. The van der Waals surface area contributed by atoms with Crippen LogP contribution in [-0.4, -0.2) is 30.7 Å². The van der Waals surface area contributed by atoms with E-state index in [1.807, 2.05) is 0 Å². The van der Waals surface area contributed by atoms with Crippen LogP contribution in [0.25, 0.3) is 0 Å². The smallest absolute Gasteiger partial charge is 0.258 e. The normalized spacial score (nSPS) is 11.6. The summed E-state index contributed by atoms with van der Waals surface area (Å²) in [5, 5.41) is 10.7. The van der Waals surface area contributed by atoms with Gasteiger partial charge in [0.2, 0.25) is 15.8 Å². The molecule has 0 heterocycles. The molecule has 0 aliphatic carbocycles. The average molecular weight is 302 g/mol. The molecule has 0 atom stereocenters. The lowest BCUT2D eigenvalue weighted by Crippen LogP contribution is -2.31. The Morgan fingerprint density at radius 1 is 1.50 bits per heavy atom. The van der Waals surface area contributed by atoms with E-state index in [1.54, 1.807) is 6.92 Å². The highest BCUT2D eigenvalue weighted by atomic mass is 32.2. The minimum absolute atomic E-state index is 0.0729. The summed E-state index contributed by atoms with van der Waals surface area (Å²) in [7, 11) is -3.93. The van der Waals surface area contributed by atoms with E-state index in [0.717, 1.165) is 16.4 Å². The van der Waals surface area contributed by atoms with Crippen molar-refractivity contribution in [2.45, 2.75) is 18.7 Å². The van der Waals surface area contributed by atoms with Crippen molar-refractivity contribution in [3.05, 3.63) is 46.3 Å². The topological polar surface area (TPSA) is 80.5 Å². The highest BCUT2D eigenvalue weighted by molar-refractivity contribution is 7.89. The van der Waals surface area contributed by atoms with E-state index >= 15 is 0 Å². The Hall–Kier alpha value is -1.80. The van der Waals surface area contributed by atoms with Crippen LogP contribution in [0.15, 0.2) is 29.7 Å². The molecule has 8 heteroatoms. The third-order valence-corrected chi connectivity index (χ3v) is 4.83. The number of nitro benzene ring substituents is 1. The van der Waals surface area contributed by atoms with E-state index in [-0.39, 0.29) is 23.5 Å². The number of nitrogens with zero attached hydrogens (tertiary/aromatic N) is 2. The van der Waals surface area contributed by atoms with Crippen LogP contribution in [0.4, 0.5) is 10.1 Å². The molecule has 0 N–H and O–H groups in total. The minimum atomic E-state index is -3.93. The van der Waals surface area contributed by atoms with Gasteiger partial charge in [-0.15, -0.1) is 6.58 Å². The maximum absolute atomic E-state index is 13.4. The van der Waals surface area contributed by atoms with Crippen molar-refractivity contribution < 1.29 is 17.7 Å². The van der Waals surface area contributed by atoms with Crippen LogP contribution in [-0.2, 0) is 10.0 Å². The van der Waals surface area contributed by atoms with Gasteiger partial charge in [0.25, 0.3) is 0 Å². The molecule has 0 aliphatic rings. The lowest BCUT2D eigenvalue weighted by atomic mass is 10.2. The molecule has 1 rings (SSSR count). The molecule has 110 valence electrons. The standard InChI is InChI=1S/C12H15FN2O4S/c1-4-6-14(5-2)20(18,19)12-8-11(15(16)17)10(13)7-9(12)3/h4,7-8H,1,5-6H2,2-3H3. The number of aryl methyl sites for hydroxylation is 1. The van der Waals surface area contributed by atoms with Gasteiger partial charge in [-0.25, -0.2) is 8.42 Å². The maximum Gasteiger partial charge on any atom is 0.306 e. The van der Waals surface area contributed by atoms with Gasteiger partial charge >= 0.3 is 5.69 Å². The average Bonchev–Trinajstić information content (AvgIpc) is 2.34. The quantitative estimate of drug-likeness (QED) is 0.458. The molecule has 0 fully saturated rings. The van der Waals surface area contributed by atoms with Crippen molar-refractivity contribution >= 4 is 15.7 Å². The Morgan fingerprint density at radius 2 is 2.10 bits per heavy atom. The van der Waals surface area contributed by atoms with Crippen LogP contribution < -0.4 is 0 Å². The Labute approximate surface area is 116 Å². The molecule has 0 spiro atoms. The first-order valence-corrected chi connectivity index (χ1v) is 7.25. The summed E-state index contributed by atoms with van der Waals surface area (Å²) in [5.41, 5.74) is -0.737. The molecule has 0 amide bonds. The second-order valence-electron chi connectivity index (χ2n) is 4.07. The molecular weight excluding hydrogens is 287 g/mol. The number of rotatable bonds is 6. The number of benzene rings is 1. The Kier molecular flexibility index (Phi) is 4.96. The monoisotopic (exact) mass is 302 g/mol. The van der Waals surface area contributed by atoms with E-state index in [2.05, 4.69) is 6.58 Å². The summed E-state index contributed by atoms with van der Waals surface area (Å²) in [4.78, 5) is 9.50. The Morgan fingerprint density at radius 3 is 2.55 bits per heavy atom. The number of likely N-dealkylation sites (N-methyl/N-ethyl adjacent to an activating group) is 1. The fraction of sp³-hybridized carbons (Fsp3) is 0.333. The van der Waals surface area contributed by atoms with Gasteiger partial charge < -0.3 is 0 Å². The number of hydrogen-bond acceptors (Lipinski definition) is 4. The van der Waals surface area contributed by atoms with E-state index < -0.39 is 26.5 Å². The fourth-order valence-electron chi connectivity index (χ4n) is 1.74. The zero-order valence-corrected chi connectivity index (χ0v) is 12.0. The lowest BCUT2D eigenvalue weighted by molar-refractivity contribution is -0.387. The molecule has 1 aromatic rings. The SMILES string of the molecule is C=CCN(CC)S(=O)(=O)c1cc([N+](=O)[O-])c(F)cc1C. The molecule has 0 unspecified atom stereocenters. The predicted molar refractivity (Wildman–Crippen MR) is 72.4 cm³/mol. The third-order valence-electron chi connectivity index (χ3n) is 2.74. The summed E-state index contributed by atoms with van der Waals surface area (Å²) in [6.45, 7) is 6.74. The molecular formula is C12H15FN2O4S. The van der Waals surface area contributed by atoms with Crippen molar-refractivity contribution in [3.8, 4) is 0 Å². The van der Waals surface area contributed by atoms with Crippen LogP contribution >= 0.6 is 0 Å². The zero-order chi connectivity index (χ0) is 15.5. The van der Waals surface area contributed by atoms with Gasteiger partial charge in [0.15, 0.2) is 0 Å². The molecule has 0 radical (unpaired) electrons. The van der Waals surface area contributed by atoms with Crippen LogP contribution in [0.1, 0.15) is 12.5 Å². The molecule has 1 aromatic carbocycles. The summed E-state index contributed by atoms with van der Waals surface area (Å²) < 4.78 is 39.3. The van der Waals surface area contributed by atoms with E-state index in [0.29, 0.717) is 0 Å². The number of nitro groups is 1. The lowest BCUT2D eigenvalue weighted by Gasteiger charge is -2.19. The molecule has 0 saturated carbocycles. The van der Waals surface area contributed by atoms with Crippen LogP contribution in [0.3, 0.4) is 0 Å². The van der Waals surface area contributed by atoms with Crippen molar-refractivity contribution in [2.75, 3.05) is 13.1 Å². The molecule has 20 heavy (non-hydrogen) atoms. The van der Waals surface area contributed by atoms with Gasteiger partial charge in [-0.05, 0) is 18.6 Å². The Bertz CT molecular complexity index is 643. The number of halogens is 1. The van der Waals surface area contributed by atoms with Crippen molar-refractivity contribution in [3.63, 3.8) is 0 Å². The summed E-state index contributed by atoms with van der Waals surface area (Å²) >= 11 is 0. The molecule has 0 aromatic heterocycles. The first kappa shape index (κ1) is 16.3. The third kappa shape index (κ3) is 3.02. The first-order valence-electron chi connectivity index (χ1n) is 5.81. The molecule has 0 aliphatic heterocycles. The van der Waals surface area contributed by atoms with Gasteiger partial charge in [-0.2, -0.15) is 8.70 Å². The largest absolute Gasteiger partial charge is 0.306 e. The first-order chi connectivity index (χ1) is 9.25. The number of sulfonamides is 1. The van der Waals surface area contributed by atoms with Crippen LogP contribution in [0.2, 0.25) is 0 Å². The van der Waals surface area contributed by atoms with Crippen molar-refractivity contribution in [1.29, 1.82) is 0 Å². The molecule has 0 bridgehead atoms. The highest BCUT2D eigenvalue weighted by Gasteiger charge is 2.28. The van der Waals surface area contributed by atoms with Crippen LogP contribution in [0, 0.1) is 22.9 Å². The van der Waals surface area contributed by atoms with E-state index in [4.69, 9.17) is 0 Å². The maximum atomic E-state index is 13.4. The van der Waals surface area contributed by atoms with Crippen molar-refractivity contribution in [2.24, 2.45) is 0 Å². The highest BCUT2D eigenvalue weighted by Crippen LogP contribution is 2.27. The van der Waals surface area contributed by atoms with Crippen molar-refractivity contribution in [1.82, 2.24) is 4.31 Å². The minimum Gasteiger partial charge on any atom is -0.258 e. The van der Waals surface area contributed by atoms with Gasteiger partial charge in [0.1, 0.15) is 0 Å². The van der Waals surface area contributed by atoms with E-state index in [9.17, 15) is 22.9 Å². The molecule has 6 nitrogen and oxygen atoms in total.